The molecule has 0 radical (unpaired) electrons. The third-order valence-electron chi connectivity index (χ3n) is 2.75. The molecule has 1 aromatic carbocycles. The normalized spacial score (nSPS) is 11.5. The van der Waals surface area contributed by atoms with Crippen LogP contribution in [0.2, 0.25) is 0 Å². The predicted molar refractivity (Wildman–Crippen MR) is 80.1 cm³/mol. The third kappa shape index (κ3) is 6.33. The lowest BCUT2D eigenvalue weighted by atomic mass is 10.1. The van der Waals surface area contributed by atoms with E-state index >= 15 is 0 Å². The zero-order valence-corrected chi connectivity index (χ0v) is 12.5. The van der Waals surface area contributed by atoms with Gasteiger partial charge in [0, 0.05) is 25.6 Å². The standard InChI is InChI=1S/C14H21N3O4/c1-14(2,19)10-16(3)9-8-13(18)15-11-6-4-5-7-12(11)17(20)21/h4-7,19H,8-10H2,1-3H3,(H,15,18). The summed E-state index contributed by atoms with van der Waals surface area (Å²) in [5.74, 6) is -0.299. The number of likely N-dealkylation sites (N-methyl/N-ethyl adjacent to an activating group) is 1. The molecule has 1 aromatic rings. The second-order valence-electron chi connectivity index (χ2n) is 5.62. The monoisotopic (exact) mass is 295 g/mol. The first-order valence-electron chi connectivity index (χ1n) is 6.63. The number of amides is 1. The Morgan fingerprint density at radius 2 is 2.05 bits per heavy atom. The quantitative estimate of drug-likeness (QED) is 0.588. The van der Waals surface area contributed by atoms with Gasteiger partial charge < -0.3 is 15.3 Å². The number of nitro benzene ring substituents is 1. The van der Waals surface area contributed by atoms with Crippen molar-refractivity contribution >= 4 is 17.3 Å². The molecule has 1 rings (SSSR count). The Balaban J connectivity index is 2.53. The first kappa shape index (κ1) is 17.1. The second kappa shape index (κ2) is 7.14. The lowest BCUT2D eigenvalue weighted by Gasteiger charge is -2.25. The molecule has 0 heterocycles. The number of rotatable bonds is 7. The zero-order valence-electron chi connectivity index (χ0n) is 12.5. The fraction of sp³-hybridized carbons (Fsp3) is 0.500. The molecule has 116 valence electrons. The molecule has 0 aromatic heterocycles. The van der Waals surface area contributed by atoms with E-state index in [1.54, 1.807) is 33.0 Å². The molecule has 0 atom stereocenters. The van der Waals surface area contributed by atoms with Crippen molar-refractivity contribution in [3.05, 3.63) is 34.4 Å². The van der Waals surface area contributed by atoms with E-state index in [2.05, 4.69) is 5.32 Å². The molecule has 21 heavy (non-hydrogen) atoms. The summed E-state index contributed by atoms with van der Waals surface area (Å²) >= 11 is 0. The van der Waals surface area contributed by atoms with Crippen LogP contribution < -0.4 is 5.32 Å². The molecular weight excluding hydrogens is 274 g/mol. The summed E-state index contributed by atoms with van der Waals surface area (Å²) in [6, 6.07) is 6.01. The molecule has 0 spiro atoms. The van der Waals surface area contributed by atoms with Gasteiger partial charge in [-0.05, 0) is 27.0 Å². The topological polar surface area (TPSA) is 95.7 Å². The lowest BCUT2D eigenvalue weighted by molar-refractivity contribution is -0.383. The van der Waals surface area contributed by atoms with Crippen molar-refractivity contribution in [2.75, 3.05) is 25.5 Å². The minimum atomic E-state index is -0.830. The summed E-state index contributed by atoms with van der Waals surface area (Å²) in [6.07, 6.45) is 0.193. The molecule has 0 bridgehead atoms. The van der Waals surface area contributed by atoms with Crippen LogP contribution in [0.5, 0.6) is 0 Å². The Kier molecular flexibility index (Phi) is 5.80. The van der Waals surface area contributed by atoms with Gasteiger partial charge in [-0.15, -0.1) is 0 Å². The van der Waals surface area contributed by atoms with Gasteiger partial charge in [-0.1, -0.05) is 12.1 Å². The number of anilines is 1. The number of para-hydroxylation sites is 2. The highest BCUT2D eigenvalue weighted by Crippen LogP contribution is 2.23. The summed E-state index contributed by atoms with van der Waals surface area (Å²) in [7, 11) is 1.80. The van der Waals surface area contributed by atoms with Crippen molar-refractivity contribution in [2.45, 2.75) is 25.9 Å². The molecule has 1 amide bonds. The molecule has 0 unspecified atom stereocenters. The molecule has 7 heteroatoms. The Hall–Kier alpha value is -1.99. The minimum absolute atomic E-state index is 0.129. The van der Waals surface area contributed by atoms with Crippen LogP contribution in [0.4, 0.5) is 11.4 Å². The fourth-order valence-corrected chi connectivity index (χ4v) is 1.98. The largest absolute Gasteiger partial charge is 0.389 e. The Morgan fingerprint density at radius 3 is 2.62 bits per heavy atom. The van der Waals surface area contributed by atoms with Gasteiger partial charge in [-0.2, -0.15) is 0 Å². The molecule has 0 aliphatic heterocycles. The Labute approximate surface area is 123 Å². The first-order chi connectivity index (χ1) is 9.69. The summed E-state index contributed by atoms with van der Waals surface area (Å²) < 4.78 is 0. The minimum Gasteiger partial charge on any atom is -0.389 e. The molecular formula is C14H21N3O4. The number of hydrogen-bond donors (Lipinski definition) is 2. The number of hydrogen-bond acceptors (Lipinski definition) is 5. The summed E-state index contributed by atoms with van der Waals surface area (Å²) in [6.45, 7) is 4.27. The number of carbonyl (C=O) groups is 1. The summed E-state index contributed by atoms with van der Waals surface area (Å²) in [5, 5.41) is 23.1. The van der Waals surface area contributed by atoms with Crippen molar-refractivity contribution < 1.29 is 14.8 Å². The van der Waals surface area contributed by atoms with Crippen LogP contribution >= 0.6 is 0 Å². The molecule has 0 fully saturated rings. The highest BCUT2D eigenvalue weighted by molar-refractivity contribution is 5.93. The van der Waals surface area contributed by atoms with Crippen LogP contribution in [0.1, 0.15) is 20.3 Å². The van der Waals surface area contributed by atoms with Crippen LogP contribution in [0, 0.1) is 10.1 Å². The van der Waals surface area contributed by atoms with E-state index < -0.39 is 10.5 Å². The van der Waals surface area contributed by atoms with Crippen molar-refractivity contribution in [1.29, 1.82) is 0 Å². The number of nitrogens with one attached hydrogen (secondary N) is 1. The lowest BCUT2D eigenvalue weighted by Crippen LogP contribution is -2.37. The highest BCUT2D eigenvalue weighted by Gasteiger charge is 2.17. The van der Waals surface area contributed by atoms with Crippen LogP contribution in [0.15, 0.2) is 24.3 Å². The Morgan fingerprint density at radius 1 is 1.43 bits per heavy atom. The van der Waals surface area contributed by atoms with Gasteiger partial charge in [0.2, 0.25) is 5.91 Å². The van der Waals surface area contributed by atoms with E-state index in [4.69, 9.17) is 0 Å². The number of carbonyl (C=O) groups excluding carboxylic acids is 1. The van der Waals surface area contributed by atoms with E-state index in [1.807, 2.05) is 4.90 Å². The van der Waals surface area contributed by atoms with E-state index in [0.717, 1.165) is 0 Å². The Bertz CT molecular complexity index is 511. The first-order valence-corrected chi connectivity index (χ1v) is 6.63. The second-order valence-corrected chi connectivity index (χ2v) is 5.62. The van der Waals surface area contributed by atoms with Crippen LogP contribution in [0.25, 0.3) is 0 Å². The average Bonchev–Trinajstić information content (AvgIpc) is 2.35. The third-order valence-corrected chi connectivity index (χ3v) is 2.75. The van der Waals surface area contributed by atoms with Crippen molar-refractivity contribution in [3.63, 3.8) is 0 Å². The van der Waals surface area contributed by atoms with Crippen LogP contribution in [-0.4, -0.2) is 46.6 Å². The van der Waals surface area contributed by atoms with Gasteiger partial charge in [-0.3, -0.25) is 14.9 Å². The molecule has 7 nitrogen and oxygen atoms in total. The number of nitrogens with zero attached hydrogens (tertiary/aromatic N) is 2. The zero-order chi connectivity index (χ0) is 16.0. The maximum atomic E-state index is 11.8. The smallest absolute Gasteiger partial charge is 0.292 e. The predicted octanol–water partition coefficient (Wildman–Crippen LogP) is 1.63. The highest BCUT2D eigenvalue weighted by atomic mass is 16.6. The van der Waals surface area contributed by atoms with E-state index in [1.165, 1.54) is 12.1 Å². The van der Waals surface area contributed by atoms with Crippen molar-refractivity contribution in [1.82, 2.24) is 4.90 Å². The van der Waals surface area contributed by atoms with E-state index in [-0.39, 0.29) is 23.7 Å². The summed E-state index contributed by atoms with van der Waals surface area (Å²) in [5.41, 5.74) is -0.767. The van der Waals surface area contributed by atoms with Gasteiger partial charge in [0.05, 0.1) is 10.5 Å². The number of benzene rings is 1. The van der Waals surface area contributed by atoms with Gasteiger partial charge in [0.1, 0.15) is 5.69 Å². The molecule has 0 aliphatic rings. The van der Waals surface area contributed by atoms with Gasteiger partial charge in [0.25, 0.3) is 5.69 Å². The van der Waals surface area contributed by atoms with Crippen molar-refractivity contribution in [2.24, 2.45) is 0 Å². The maximum Gasteiger partial charge on any atom is 0.292 e. The van der Waals surface area contributed by atoms with Gasteiger partial charge in [0.15, 0.2) is 0 Å². The number of aliphatic hydroxyl groups is 1. The van der Waals surface area contributed by atoms with Gasteiger partial charge >= 0.3 is 0 Å². The number of nitro groups is 1. The summed E-state index contributed by atoms with van der Waals surface area (Å²) in [4.78, 5) is 24.0. The average molecular weight is 295 g/mol. The van der Waals surface area contributed by atoms with Crippen LogP contribution in [-0.2, 0) is 4.79 Å². The maximum absolute atomic E-state index is 11.8. The molecule has 0 aliphatic carbocycles. The van der Waals surface area contributed by atoms with Crippen molar-refractivity contribution in [3.8, 4) is 0 Å². The van der Waals surface area contributed by atoms with Gasteiger partial charge in [-0.25, -0.2) is 0 Å². The van der Waals surface area contributed by atoms with Crippen LogP contribution in [0.3, 0.4) is 0 Å². The molecule has 2 N–H and O–H groups in total. The van der Waals surface area contributed by atoms with E-state index in [9.17, 15) is 20.0 Å². The molecule has 0 saturated carbocycles. The molecule has 0 saturated heterocycles. The fourth-order valence-electron chi connectivity index (χ4n) is 1.98. The van der Waals surface area contributed by atoms with E-state index in [0.29, 0.717) is 13.1 Å². The SMILES string of the molecule is CN(CCC(=O)Nc1ccccc1[N+](=O)[O-])CC(C)(C)O.